The maximum Gasteiger partial charge on any atom is 0.472 e. The lowest BCUT2D eigenvalue weighted by Crippen LogP contribution is -2.37. The lowest BCUT2D eigenvalue weighted by molar-refractivity contribution is -0.870. The fourth-order valence-corrected chi connectivity index (χ4v) is 7.14. The molecule has 0 radical (unpaired) electrons. The van der Waals surface area contributed by atoms with Crippen LogP contribution in [0.4, 0.5) is 0 Å². The van der Waals surface area contributed by atoms with Gasteiger partial charge in [0.15, 0.2) is 0 Å². The van der Waals surface area contributed by atoms with Crippen LogP contribution in [0, 0.1) is 0 Å². The van der Waals surface area contributed by atoms with Crippen molar-refractivity contribution in [2.45, 2.75) is 200 Å². The summed E-state index contributed by atoms with van der Waals surface area (Å²) in [5.41, 5.74) is 0. The molecule has 9 heteroatoms. The standard InChI is InChI=1S/C50H92NO7P/c1-6-8-10-12-14-16-18-20-22-24-26-27-29-31-33-35-37-39-41-43-50(52)58-49(48-57-59(53,54)56-46-44-51(3,4)5)47-55-45-42-40-38-36-34-32-30-28-25-23-21-19-17-15-13-11-9-7-2/h9,11,15,17,21,23,28,30,34,36,49H,6-8,10,12-14,16,18-20,22,24-27,29,31-33,35,37-48H2,1-5H3/p+1/b11-9-,17-15-,23-21-,30-28-,36-34-. The normalized spacial score (nSPS) is 14.2. The van der Waals surface area contributed by atoms with Crippen molar-refractivity contribution in [1.82, 2.24) is 0 Å². The van der Waals surface area contributed by atoms with Crippen molar-refractivity contribution in [2.24, 2.45) is 0 Å². The largest absolute Gasteiger partial charge is 0.472 e. The number of nitrogens with zero attached hydrogens (tertiary/aromatic N) is 1. The molecule has 0 aromatic heterocycles. The molecule has 0 spiro atoms. The zero-order valence-electron chi connectivity index (χ0n) is 39.0. The van der Waals surface area contributed by atoms with Crippen molar-refractivity contribution < 1.29 is 37.3 Å². The summed E-state index contributed by atoms with van der Waals surface area (Å²) < 4.78 is 35.0. The van der Waals surface area contributed by atoms with E-state index >= 15 is 0 Å². The molecule has 59 heavy (non-hydrogen) atoms. The number of quaternary nitrogens is 1. The highest BCUT2D eigenvalue weighted by molar-refractivity contribution is 7.47. The van der Waals surface area contributed by atoms with Gasteiger partial charge >= 0.3 is 13.8 Å². The van der Waals surface area contributed by atoms with E-state index in [0.29, 0.717) is 24.1 Å². The van der Waals surface area contributed by atoms with Gasteiger partial charge in [-0.3, -0.25) is 13.8 Å². The molecule has 0 aromatic carbocycles. The predicted octanol–water partition coefficient (Wildman–Crippen LogP) is 14.5. The Balaban J connectivity index is 4.25. The average Bonchev–Trinajstić information content (AvgIpc) is 3.19. The summed E-state index contributed by atoms with van der Waals surface area (Å²) in [6.45, 7) is 5.41. The third kappa shape index (κ3) is 47.1. The number of hydrogen-bond donors (Lipinski definition) is 1. The second kappa shape index (κ2) is 42.9. The lowest BCUT2D eigenvalue weighted by Gasteiger charge is -2.24. The van der Waals surface area contributed by atoms with Crippen LogP contribution in [0.5, 0.6) is 0 Å². The molecule has 0 fully saturated rings. The van der Waals surface area contributed by atoms with Gasteiger partial charge in [0.1, 0.15) is 19.3 Å². The van der Waals surface area contributed by atoms with Crippen LogP contribution in [0.25, 0.3) is 0 Å². The van der Waals surface area contributed by atoms with Crippen molar-refractivity contribution in [3.8, 4) is 0 Å². The summed E-state index contributed by atoms with van der Waals surface area (Å²) in [5.74, 6) is -0.328. The molecule has 0 aliphatic carbocycles. The van der Waals surface area contributed by atoms with Gasteiger partial charge in [-0.2, -0.15) is 0 Å². The molecule has 344 valence electrons. The fraction of sp³-hybridized carbons (Fsp3) is 0.780. The van der Waals surface area contributed by atoms with Gasteiger partial charge in [-0.15, -0.1) is 0 Å². The van der Waals surface area contributed by atoms with Gasteiger partial charge in [0, 0.05) is 13.0 Å². The number of carbonyl (C=O) groups excluding carboxylic acids is 1. The number of phosphoric ester groups is 1. The summed E-state index contributed by atoms with van der Waals surface area (Å²) in [6, 6.07) is 0. The zero-order chi connectivity index (χ0) is 43.4. The first kappa shape index (κ1) is 57.2. The minimum Gasteiger partial charge on any atom is -0.457 e. The fourth-order valence-electron chi connectivity index (χ4n) is 6.40. The second-order valence-corrected chi connectivity index (χ2v) is 18.6. The Morgan fingerprint density at radius 2 is 0.983 bits per heavy atom. The topological polar surface area (TPSA) is 91.3 Å². The van der Waals surface area contributed by atoms with Gasteiger partial charge in [-0.25, -0.2) is 4.57 Å². The second-order valence-electron chi connectivity index (χ2n) is 17.1. The Morgan fingerprint density at radius 1 is 0.542 bits per heavy atom. The lowest BCUT2D eigenvalue weighted by atomic mass is 10.0. The van der Waals surface area contributed by atoms with E-state index in [0.717, 1.165) is 70.6 Å². The van der Waals surface area contributed by atoms with Gasteiger partial charge in [-0.1, -0.05) is 190 Å². The highest BCUT2D eigenvalue weighted by Gasteiger charge is 2.26. The van der Waals surface area contributed by atoms with Crippen molar-refractivity contribution in [3.05, 3.63) is 60.8 Å². The highest BCUT2D eigenvalue weighted by Crippen LogP contribution is 2.43. The molecule has 1 N–H and O–H groups in total. The maximum absolute atomic E-state index is 12.7. The molecule has 8 nitrogen and oxygen atoms in total. The quantitative estimate of drug-likeness (QED) is 0.0215. The summed E-state index contributed by atoms with van der Waals surface area (Å²) in [5, 5.41) is 0. The summed E-state index contributed by atoms with van der Waals surface area (Å²) in [6.07, 6.45) is 54.1. The third-order valence-electron chi connectivity index (χ3n) is 10.1. The molecule has 0 amide bonds. The Bertz CT molecular complexity index is 1130. The van der Waals surface area contributed by atoms with E-state index in [1.807, 2.05) is 21.1 Å². The summed E-state index contributed by atoms with van der Waals surface area (Å²) in [4.78, 5) is 23.0. The number of unbranched alkanes of at least 4 members (excludes halogenated alkanes) is 20. The number of carbonyl (C=O) groups is 1. The molecule has 0 saturated carbocycles. The minimum absolute atomic E-state index is 0.0789. The van der Waals surface area contributed by atoms with E-state index in [-0.39, 0.29) is 25.8 Å². The molecular formula is C50H93NO7P+. The SMILES string of the molecule is CC/C=C\C/C=C\C/C=C\C/C=C\C/C=C\CCCCOCC(COP(=O)(O)OCC[N+](C)(C)C)OC(=O)CCCCCCCCCCCCCCCCCCCCC. The maximum atomic E-state index is 12.7. The van der Waals surface area contributed by atoms with Crippen molar-refractivity contribution >= 4 is 13.8 Å². The molecule has 0 bridgehead atoms. The molecule has 0 rings (SSSR count). The van der Waals surface area contributed by atoms with Crippen LogP contribution in [0.3, 0.4) is 0 Å². The summed E-state index contributed by atoms with van der Waals surface area (Å²) in [7, 11) is 1.64. The van der Waals surface area contributed by atoms with Crippen LogP contribution < -0.4 is 0 Å². The van der Waals surface area contributed by atoms with Crippen LogP contribution in [-0.4, -0.2) is 75.6 Å². The molecule has 0 aromatic rings. The van der Waals surface area contributed by atoms with Crippen LogP contribution in [0.1, 0.15) is 194 Å². The van der Waals surface area contributed by atoms with Gasteiger partial charge < -0.3 is 18.9 Å². The predicted molar refractivity (Wildman–Crippen MR) is 252 cm³/mol. The molecular weight excluding hydrogens is 758 g/mol. The number of likely N-dealkylation sites (N-methyl/N-ethyl adjacent to an activating group) is 1. The van der Waals surface area contributed by atoms with Crippen LogP contribution in [0.15, 0.2) is 60.8 Å². The van der Waals surface area contributed by atoms with Crippen molar-refractivity contribution in [2.75, 3.05) is 54.1 Å². The van der Waals surface area contributed by atoms with Gasteiger partial charge in [-0.05, 0) is 57.8 Å². The molecule has 2 atom stereocenters. The van der Waals surface area contributed by atoms with Crippen LogP contribution in [-0.2, 0) is 27.9 Å². The molecule has 0 heterocycles. The first-order valence-electron chi connectivity index (χ1n) is 24.0. The minimum atomic E-state index is -4.29. The van der Waals surface area contributed by atoms with E-state index < -0.39 is 13.9 Å². The number of esters is 1. The molecule has 0 aliphatic heterocycles. The Hall–Kier alpha value is -1.80. The highest BCUT2D eigenvalue weighted by atomic mass is 31.2. The third-order valence-corrected chi connectivity index (χ3v) is 11.1. The summed E-state index contributed by atoms with van der Waals surface area (Å²) >= 11 is 0. The number of rotatable bonds is 44. The van der Waals surface area contributed by atoms with E-state index in [1.165, 1.54) is 103 Å². The number of phosphoric acid groups is 1. The Labute approximate surface area is 364 Å². The molecule has 2 unspecified atom stereocenters. The van der Waals surface area contributed by atoms with Crippen LogP contribution >= 0.6 is 7.82 Å². The smallest absolute Gasteiger partial charge is 0.457 e. The van der Waals surface area contributed by atoms with Crippen molar-refractivity contribution in [1.29, 1.82) is 0 Å². The van der Waals surface area contributed by atoms with Gasteiger partial charge in [0.05, 0.1) is 34.4 Å². The van der Waals surface area contributed by atoms with Crippen LogP contribution in [0.2, 0.25) is 0 Å². The number of allylic oxidation sites excluding steroid dienone is 10. The first-order chi connectivity index (χ1) is 28.6. The number of ether oxygens (including phenoxy) is 2. The Kier molecular flexibility index (Phi) is 41.6. The monoisotopic (exact) mass is 851 g/mol. The molecule has 0 aliphatic rings. The number of hydrogen-bond acceptors (Lipinski definition) is 6. The van der Waals surface area contributed by atoms with E-state index in [9.17, 15) is 14.3 Å². The van der Waals surface area contributed by atoms with E-state index in [2.05, 4.69) is 74.6 Å². The average molecular weight is 851 g/mol. The van der Waals surface area contributed by atoms with Gasteiger partial charge in [0.25, 0.3) is 0 Å². The first-order valence-corrected chi connectivity index (χ1v) is 25.5. The van der Waals surface area contributed by atoms with E-state index in [4.69, 9.17) is 18.5 Å². The van der Waals surface area contributed by atoms with Gasteiger partial charge in [0.2, 0.25) is 0 Å². The zero-order valence-corrected chi connectivity index (χ0v) is 39.9. The van der Waals surface area contributed by atoms with E-state index in [1.54, 1.807) is 0 Å². The van der Waals surface area contributed by atoms with Crippen molar-refractivity contribution in [3.63, 3.8) is 0 Å². The Morgan fingerprint density at radius 3 is 1.44 bits per heavy atom. The molecule has 0 saturated heterocycles.